The molecule has 0 aliphatic carbocycles. The van der Waals surface area contributed by atoms with Gasteiger partial charge in [0.1, 0.15) is 19.4 Å². The molecule has 0 heterocycles. The van der Waals surface area contributed by atoms with Gasteiger partial charge in [-0.25, -0.2) is 0 Å². The summed E-state index contributed by atoms with van der Waals surface area (Å²) in [6.07, 6.45) is 3.67. The summed E-state index contributed by atoms with van der Waals surface area (Å²) in [5.74, 6) is 0. The van der Waals surface area contributed by atoms with E-state index in [1.54, 1.807) is 0 Å². The number of halogens is 18. The Hall–Kier alpha value is 9.03. The average molecular weight is 1750 g/mol. The Labute approximate surface area is 387 Å². The summed E-state index contributed by atoms with van der Waals surface area (Å²) in [5.41, 5.74) is 0. The van der Waals surface area contributed by atoms with Crippen LogP contribution in [0.5, 0.6) is 0 Å². The molecule has 0 aromatic rings. The predicted molar refractivity (Wildman–Crippen MR) is 247 cm³/mol. The van der Waals surface area contributed by atoms with Crippen molar-refractivity contribution in [1.82, 2.24) is 0 Å². The van der Waals surface area contributed by atoms with Crippen molar-refractivity contribution in [1.29, 1.82) is 0 Å². The second kappa shape index (κ2) is 17.2. The van der Waals surface area contributed by atoms with E-state index in [9.17, 15) is 0 Å². The molecule has 0 aromatic carbocycles. The normalized spacial score (nSPS) is 16.2. The Morgan fingerprint density at radius 3 is 0.846 bits per heavy atom. The fraction of sp³-hybridized carbons (Fsp3) is 1.00. The summed E-state index contributed by atoms with van der Waals surface area (Å²) in [6, 6.07) is 2.09. The quantitative estimate of drug-likeness (QED) is 0.124. The van der Waals surface area contributed by atoms with Gasteiger partial charge in [0.2, 0.25) is 0 Å². The highest BCUT2D eigenvalue weighted by atomic mass is 80.0. The van der Waals surface area contributed by atoms with Crippen molar-refractivity contribution in [2.45, 2.75) is 87.6 Å². The lowest BCUT2D eigenvalue weighted by Crippen LogP contribution is -2.54. The van der Waals surface area contributed by atoms with E-state index in [1.807, 2.05) is 0 Å². The Balaban J connectivity index is 5.25. The first kappa shape index (κ1) is 48.0. The van der Waals surface area contributed by atoms with Crippen molar-refractivity contribution in [3.05, 3.63) is 0 Å². The van der Waals surface area contributed by atoms with Gasteiger partial charge in [0.15, 0.2) is 20.9 Å². The van der Waals surface area contributed by atoms with E-state index in [1.165, 1.54) is 0 Å². The van der Waals surface area contributed by atoms with E-state index in [0.29, 0.717) is 0 Å². The number of hydrogen-bond donors (Lipinski definition) is 0. The van der Waals surface area contributed by atoms with Gasteiger partial charge in [-0.3, -0.25) is 0 Å². The maximum atomic E-state index is 6.96. The van der Waals surface area contributed by atoms with Gasteiger partial charge in [-0.15, -0.1) is 0 Å². The van der Waals surface area contributed by atoms with Crippen LogP contribution in [0.15, 0.2) is 0 Å². The van der Waals surface area contributed by atoms with Gasteiger partial charge in [0.05, 0.1) is 0 Å². The van der Waals surface area contributed by atoms with Gasteiger partial charge < -0.3 is 4.12 Å². The van der Waals surface area contributed by atoms with Gasteiger partial charge in [-0.1, -0.05) is 300 Å². The average Bonchev–Trinajstić information content (AvgIpc) is 2.63. The van der Waals surface area contributed by atoms with E-state index in [2.05, 4.69) is 313 Å². The maximum absolute atomic E-state index is 6.96. The van der Waals surface area contributed by atoms with Crippen LogP contribution >= 0.6 is 287 Å². The highest BCUT2D eigenvalue weighted by molar-refractivity contribution is 9.43. The third-order valence-electron chi connectivity index (χ3n) is 5.51. The topological polar surface area (TPSA) is 9.23 Å². The molecule has 0 aliphatic rings. The lowest BCUT2D eigenvalue weighted by molar-refractivity contribution is 0.520. The third-order valence-corrected chi connectivity index (χ3v) is 45.3. The molecule has 0 bridgehead atoms. The largest absolute Gasteiger partial charge is 0.455 e. The summed E-state index contributed by atoms with van der Waals surface area (Å²) in [5, 5.41) is 0. The van der Waals surface area contributed by atoms with Crippen LogP contribution < -0.4 is 0 Å². The summed E-state index contributed by atoms with van der Waals surface area (Å²) in [6.45, 7) is 9.31. The monoisotopic (exact) mass is 1730 g/mol. The zero-order chi connectivity index (χ0) is 31.9. The highest BCUT2D eigenvalue weighted by Gasteiger charge is 2.65. The molecule has 0 amide bonds. The Bertz CT molecular complexity index is 750. The summed E-state index contributed by atoms with van der Waals surface area (Å²) >= 11 is 68.0. The number of alkyl halides is 18. The first-order valence-corrected chi connectivity index (χ1v) is 31.2. The first-order chi connectivity index (χ1) is 16.6. The molecule has 0 atom stereocenters. The molecule has 0 saturated heterocycles. The van der Waals surface area contributed by atoms with Crippen LogP contribution in [-0.2, 0) is 4.12 Å². The lowest BCUT2D eigenvalue weighted by atomic mass is 10.1. The van der Waals surface area contributed by atoms with Gasteiger partial charge >= 0.3 is 0 Å². The molecule has 0 spiro atoms. The molecule has 236 valence electrons. The minimum Gasteiger partial charge on any atom is -0.455 e. The van der Waals surface area contributed by atoms with E-state index in [4.69, 9.17) is 4.12 Å². The minimum absolute atomic E-state index is 0.484. The van der Waals surface area contributed by atoms with Crippen LogP contribution in [0, 0.1) is 0 Å². The smallest absolute Gasteiger partial charge is 0.173 e. The fourth-order valence-corrected chi connectivity index (χ4v) is 25.1. The molecule has 0 rings (SSSR count). The summed E-state index contributed by atoms with van der Waals surface area (Å²) in [7, 11) is -3.81. The Morgan fingerprint density at radius 1 is 0.410 bits per heavy atom. The van der Waals surface area contributed by atoms with Crippen LogP contribution in [-0.4, -0.2) is 40.3 Å². The van der Waals surface area contributed by atoms with Gasteiger partial charge in [-0.2, -0.15) is 0 Å². The second-order valence-electron chi connectivity index (χ2n) is 10.0. The van der Waals surface area contributed by atoms with Crippen LogP contribution in [0.25, 0.3) is 0 Å². The molecular weight excluding hydrogens is 1730 g/mol. The van der Waals surface area contributed by atoms with E-state index >= 15 is 0 Å². The minimum atomic E-state index is -1.90. The second-order valence-corrected chi connectivity index (χ2v) is 53.7. The van der Waals surface area contributed by atoms with Gasteiger partial charge in [-0.05, 0) is 51.1 Å². The molecular formula is C18H24Br18OSi2. The molecule has 0 N–H and O–H groups in total. The molecule has 0 fully saturated rings. The standard InChI is InChI=1S/C18H24Br18OSi2/c1-38(2,9-5-7-11(19,20)13(23,24)15(27,28)17(31,32)33)37-39(3,4)10-6-8-12(21,22)14(25,26)16(29,30)18(34,35)36/h5-10H2,1-4H3. The third kappa shape index (κ3) is 13.2. The molecule has 0 unspecified atom stereocenters. The molecule has 0 aliphatic heterocycles. The predicted octanol–water partition coefficient (Wildman–Crippen LogP) is 17.6. The first-order valence-electron chi connectivity index (χ1n) is 10.7. The van der Waals surface area contributed by atoms with E-state index < -0.39 is 40.3 Å². The Morgan fingerprint density at radius 2 is 0.641 bits per heavy atom. The van der Waals surface area contributed by atoms with E-state index in [0.717, 1.165) is 37.8 Å². The zero-order valence-electron chi connectivity index (χ0n) is 20.5. The number of rotatable bonds is 14. The van der Waals surface area contributed by atoms with E-state index in [-0.39, 0.29) is 0 Å². The molecule has 39 heavy (non-hydrogen) atoms. The summed E-state index contributed by atoms with van der Waals surface area (Å²) < 4.78 is 2.08. The summed E-state index contributed by atoms with van der Waals surface area (Å²) in [4.78, 5) is 0. The van der Waals surface area contributed by atoms with Crippen LogP contribution in [0.4, 0.5) is 0 Å². The molecule has 1 nitrogen and oxygen atoms in total. The van der Waals surface area contributed by atoms with Crippen LogP contribution in [0.1, 0.15) is 25.7 Å². The van der Waals surface area contributed by atoms with Crippen molar-refractivity contribution in [2.24, 2.45) is 0 Å². The number of hydrogen-bond acceptors (Lipinski definition) is 1. The van der Waals surface area contributed by atoms with Gasteiger partial charge in [0, 0.05) is 0 Å². The zero-order valence-corrected chi connectivity index (χ0v) is 51.0. The van der Waals surface area contributed by atoms with Crippen molar-refractivity contribution >= 4 is 303 Å². The molecule has 21 heteroatoms. The molecule has 0 saturated carbocycles. The van der Waals surface area contributed by atoms with Crippen molar-refractivity contribution in [2.75, 3.05) is 0 Å². The SMILES string of the molecule is C[Si](C)(CCCC(Br)(Br)C(Br)(Br)C(Br)(Br)C(Br)(Br)Br)O[Si](C)(C)CCCC(Br)(Br)C(Br)(Br)C(Br)(Br)C(Br)(Br)Br. The fourth-order valence-electron chi connectivity index (χ4n) is 3.45. The highest BCUT2D eigenvalue weighted by Crippen LogP contribution is 2.70. The van der Waals surface area contributed by atoms with Crippen LogP contribution in [0.2, 0.25) is 38.3 Å². The Kier molecular flexibility index (Phi) is 21.2. The van der Waals surface area contributed by atoms with Crippen molar-refractivity contribution in [3.63, 3.8) is 0 Å². The van der Waals surface area contributed by atoms with Crippen molar-refractivity contribution < 1.29 is 4.12 Å². The molecule has 0 aromatic heterocycles. The maximum Gasteiger partial charge on any atom is 0.173 e. The van der Waals surface area contributed by atoms with Gasteiger partial charge in [0.25, 0.3) is 0 Å². The van der Waals surface area contributed by atoms with Crippen molar-refractivity contribution in [3.8, 4) is 0 Å². The molecule has 0 radical (unpaired) electrons. The van der Waals surface area contributed by atoms with Crippen LogP contribution in [0.3, 0.4) is 0 Å². The lowest BCUT2D eigenvalue weighted by Gasteiger charge is -2.47.